The molecule has 1 aromatic heterocycles. The van der Waals surface area contributed by atoms with E-state index in [9.17, 15) is 4.39 Å². The minimum atomic E-state index is -0.235. The lowest BCUT2D eigenvalue weighted by atomic mass is 10.2. The van der Waals surface area contributed by atoms with Crippen LogP contribution in [0.25, 0.3) is 11.8 Å². The highest BCUT2D eigenvalue weighted by atomic mass is 19.1. The SMILES string of the molecule is Fc1ccccc1-n1ccnc1N1CCN(C/C=C/c2ccccc2)CC1. The molecule has 0 unspecified atom stereocenters. The monoisotopic (exact) mass is 362 g/mol. The maximum absolute atomic E-state index is 14.2. The summed E-state index contributed by atoms with van der Waals surface area (Å²) in [6.45, 7) is 4.62. The third-order valence-corrected chi connectivity index (χ3v) is 4.86. The summed E-state index contributed by atoms with van der Waals surface area (Å²) in [5.41, 5.74) is 1.77. The van der Waals surface area contributed by atoms with E-state index < -0.39 is 0 Å². The van der Waals surface area contributed by atoms with Crippen LogP contribution < -0.4 is 4.90 Å². The van der Waals surface area contributed by atoms with E-state index in [2.05, 4.69) is 51.2 Å². The zero-order valence-corrected chi connectivity index (χ0v) is 15.2. The highest BCUT2D eigenvalue weighted by Gasteiger charge is 2.20. The van der Waals surface area contributed by atoms with E-state index in [1.165, 1.54) is 11.6 Å². The van der Waals surface area contributed by atoms with Gasteiger partial charge in [0.05, 0.1) is 5.69 Å². The Kier molecular flexibility index (Phi) is 5.30. The molecule has 1 aliphatic rings. The lowest BCUT2D eigenvalue weighted by Gasteiger charge is -2.35. The first-order valence-corrected chi connectivity index (χ1v) is 9.28. The molecular formula is C22H23FN4. The van der Waals surface area contributed by atoms with Crippen LogP contribution in [-0.2, 0) is 0 Å². The van der Waals surface area contributed by atoms with Gasteiger partial charge in [-0.3, -0.25) is 9.47 Å². The summed E-state index contributed by atoms with van der Waals surface area (Å²) < 4.78 is 16.0. The first-order chi connectivity index (χ1) is 13.3. The number of halogens is 1. The molecule has 27 heavy (non-hydrogen) atoms. The normalized spacial score (nSPS) is 15.5. The van der Waals surface area contributed by atoms with Crippen LogP contribution in [0.15, 0.2) is 73.1 Å². The van der Waals surface area contributed by atoms with Crippen molar-refractivity contribution in [3.05, 3.63) is 84.4 Å². The first-order valence-electron chi connectivity index (χ1n) is 9.28. The lowest BCUT2D eigenvalue weighted by molar-refractivity contribution is 0.282. The Hall–Kier alpha value is -2.92. The van der Waals surface area contributed by atoms with E-state index in [4.69, 9.17) is 0 Å². The van der Waals surface area contributed by atoms with Gasteiger partial charge in [0.2, 0.25) is 5.95 Å². The molecule has 0 atom stereocenters. The maximum atomic E-state index is 14.2. The van der Waals surface area contributed by atoms with Crippen LogP contribution in [0.5, 0.6) is 0 Å². The molecule has 2 aromatic carbocycles. The summed E-state index contributed by atoms with van der Waals surface area (Å²) in [5.74, 6) is 0.570. The van der Waals surface area contributed by atoms with E-state index in [1.54, 1.807) is 18.3 Å². The number of para-hydroxylation sites is 1. The molecule has 138 valence electrons. The Morgan fingerprint density at radius 2 is 1.67 bits per heavy atom. The second-order valence-electron chi connectivity index (χ2n) is 6.65. The molecule has 1 fully saturated rings. The summed E-state index contributed by atoms with van der Waals surface area (Å²) in [5, 5.41) is 0. The number of nitrogens with zero attached hydrogens (tertiary/aromatic N) is 4. The molecule has 0 aliphatic carbocycles. The second kappa shape index (κ2) is 8.18. The zero-order valence-electron chi connectivity index (χ0n) is 15.2. The quantitative estimate of drug-likeness (QED) is 0.689. The van der Waals surface area contributed by atoms with Gasteiger partial charge in [-0.05, 0) is 17.7 Å². The summed E-state index contributed by atoms with van der Waals surface area (Å²) in [6, 6.07) is 17.2. The summed E-state index contributed by atoms with van der Waals surface area (Å²) in [7, 11) is 0. The van der Waals surface area contributed by atoms with E-state index in [0.29, 0.717) is 5.69 Å². The molecule has 0 amide bonds. The predicted molar refractivity (Wildman–Crippen MR) is 108 cm³/mol. The van der Waals surface area contributed by atoms with Crippen molar-refractivity contribution in [1.29, 1.82) is 0 Å². The smallest absolute Gasteiger partial charge is 0.210 e. The molecular weight excluding hydrogens is 339 g/mol. The fraction of sp³-hybridized carbons (Fsp3) is 0.227. The number of hydrogen-bond acceptors (Lipinski definition) is 3. The van der Waals surface area contributed by atoms with Crippen LogP contribution in [0.1, 0.15) is 5.56 Å². The number of aromatic nitrogens is 2. The third-order valence-electron chi connectivity index (χ3n) is 4.86. The number of piperazine rings is 1. The Balaban J connectivity index is 1.37. The van der Waals surface area contributed by atoms with Gasteiger partial charge >= 0.3 is 0 Å². The van der Waals surface area contributed by atoms with Gasteiger partial charge in [-0.1, -0.05) is 54.6 Å². The predicted octanol–water partition coefficient (Wildman–Crippen LogP) is 3.85. The molecule has 2 heterocycles. The van der Waals surface area contributed by atoms with Crippen LogP contribution in [0.3, 0.4) is 0 Å². The molecule has 4 nitrogen and oxygen atoms in total. The Morgan fingerprint density at radius 3 is 2.44 bits per heavy atom. The van der Waals surface area contributed by atoms with E-state index in [-0.39, 0.29) is 5.82 Å². The molecule has 0 N–H and O–H groups in total. The van der Waals surface area contributed by atoms with Gasteiger partial charge < -0.3 is 4.90 Å². The Bertz CT molecular complexity index is 895. The van der Waals surface area contributed by atoms with Gasteiger partial charge in [0, 0.05) is 45.1 Å². The standard InChI is InChI=1S/C22H23FN4/c23-20-10-4-5-11-21(20)27-14-12-24-22(27)26-17-15-25(16-18-26)13-6-9-19-7-2-1-3-8-19/h1-12,14H,13,15-18H2/b9-6+. The minimum Gasteiger partial charge on any atom is -0.339 e. The summed E-state index contributed by atoms with van der Waals surface area (Å²) in [6.07, 6.45) is 7.93. The van der Waals surface area contributed by atoms with Crippen LogP contribution in [0.2, 0.25) is 0 Å². The van der Waals surface area contributed by atoms with Crippen LogP contribution in [0, 0.1) is 5.82 Å². The number of anilines is 1. The molecule has 0 bridgehead atoms. The molecule has 4 rings (SSSR count). The first kappa shape index (κ1) is 17.5. The zero-order chi connectivity index (χ0) is 18.5. The highest BCUT2D eigenvalue weighted by Crippen LogP contribution is 2.21. The van der Waals surface area contributed by atoms with Crippen molar-refractivity contribution in [3.8, 4) is 5.69 Å². The third kappa shape index (κ3) is 4.09. The fourth-order valence-electron chi connectivity index (χ4n) is 3.40. The summed E-state index contributed by atoms with van der Waals surface area (Å²) >= 11 is 0. The fourth-order valence-corrected chi connectivity index (χ4v) is 3.40. The molecule has 1 saturated heterocycles. The molecule has 3 aromatic rings. The summed E-state index contributed by atoms with van der Waals surface area (Å²) in [4.78, 5) is 9.12. The van der Waals surface area contributed by atoms with Crippen molar-refractivity contribution in [1.82, 2.24) is 14.5 Å². The number of hydrogen-bond donors (Lipinski definition) is 0. The van der Waals surface area contributed by atoms with Gasteiger partial charge in [-0.2, -0.15) is 0 Å². The number of imidazole rings is 1. The van der Waals surface area contributed by atoms with Crippen LogP contribution in [0.4, 0.5) is 10.3 Å². The molecule has 5 heteroatoms. The van der Waals surface area contributed by atoms with E-state index in [0.717, 1.165) is 38.7 Å². The number of benzene rings is 2. The van der Waals surface area contributed by atoms with Gasteiger partial charge in [0.15, 0.2) is 0 Å². The second-order valence-corrected chi connectivity index (χ2v) is 6.65. The molecule has 0 saturated carbocycles. The van der Waals surface area contributed by atoms with Crippen LogP contribution >= 0.6 is 0 Å². The highest BCUT2D eigenvalue weighted by molar-refractivity contribution is 5.49. The average molecular weight is 362 g/mol. The maximum Gasteiger partial charge on any atom is 0.210 e. The average Bonchev–Trinajstić information content (AvgIpc) is 3.19. The van der Waals surface area contributed by atoms with E-state index in [1.807, 2.05) is 22.9 Å². The molecule has 0 spiro atoms. The van der Waals surface area contributed by atoms with Crippen molar-refractivity contribution >= 4 is 12.0 Å². The Morgan fingerprint density at radius 1 is 0.926 bits per heavy atom. The van der Waals surface area contributed by atoms with Gasteiger partial charge in [0.1, 0.15) is 5.82 Å². The largest absolute Gasteiger partial charge is 0.339 e. The van der Waals surface area contributed by atoms with E-state index >= 15 is 0 Å². The topological polar surface area (TPSA) is 24.3 Å². The van der Waals surface area contributed by atoms with Crippen molar-refractivity contribution in [3.63, 3.8) is 0 Å². The molecule has 1 aliphatic heterocycles. The molecule has 0 radical (unpaired) electrons. The van der Waals surface area contributed by atoms with Gasteiger partial charge in [0.25, 0.3) is 0 Å². The van der Waals surface area contributed by atoms with Crippen molar-refractivity contribution in [2.45, 2.75) is 0 Å². The van der Waals surface area contributed by atoms with Crippen LogP contribution in [-0.4, -0.2) is 47.2 Å². The van der Waals surface area contributed by atoms with Crippen molar-refractivity contribution in [2.75, 3.05) is 37.6 Å². The van der Waals surface area contributed by atoms with Gasteiger partial charge in [-0.25, -0.2) is 9.37 Å². The van der Waals surface area contributed by atoms with Crippen molar-refractivity contribution in [2.24, 2.45) is 0 Å². The number of rotatable bonds is 5. The van der Waals surface area contributed by atoms with Crippen molar-refractivity contribution < 1.29 is 4.39 Å². The minimum absolute atomic E-state index is 0.235. The van der Waals surface area contributed by atoms with Gasteiger partial charge in [-0.15, -0.1) is 0 Å². The Labute approximate surface area is 159 Å². The lowest BCUT2D eigenvalue weighted by Crippen LogP contribution is -2.47.